The number of carbonyl (C=O) groups excluding carboxylic acids is 2. The highest BCUT2D eigenvalue weighted by Crippen LogP contribution is 2.24. The highest BCUT2D eigenvalue weighted by atomic mass is 32.2. The summed E-state index contributed by atoms with van der Waals surface area (Å²) < 4.78 is 35.2. The van der Waals surface area contributed by atoms with Gasteiger partial charge in [0.2, 0.25) is 15.8 Å². The van der Waals surface area contributed by atoms with Crippen molar-refractivity contribution < 1.29 is 27.5 Å². The number of hydrogen-bond acceptors (Lipinski definition) is 6. The first-order valence-corrected chi connectivity index (χ1v) is 9.83. The molecule has 0 amide bonds. The van der Waals surface area contributed by atoms with Gasteiger partial charge in [-0.2, -0.15) is 0 Å². The number of allylic oxidation sites excluding steroid dienone is 1. The van der Waals surface area contributed by atoms with Crippen LogP contribution >= 0.6 is 0 Å². The van der Waals surface area contributed by atoms with Gasteiger partial charge in [0.15, 0.2) is 6.61 Å². The Bertz CT molecular complexity index is 1040. The number of ketones is 1. The third-order valence-electron chi connectivity index (χ3n) is 4.23. The number of nitrogens with zero attached hydrogens (tertiary/aromatic N) is 1. The number of aryl methyl sites for hydroxylation is 1. The van der Waals surface area contributed by atoms with Crippen LogP contribution in [0, 0.1) is 13.8 Å². The van der Waals surface area contributed by atoms with Crippen LogP contribution in [0.3, 0.4) is 0 Å². The van der Waals surface area contributed by atoms with Crippen molar-refractivity contribution in [3.8, 4) is 5.75 Å². The molecule has 8 nitrogen and oxygen atoms in total. The Kier molecular flexibility index (Phi) is 6.42. The molecule has 28 heavy (non-hydrogen) atoms. The van der Waals surface area contributed by atoms with Gasteiger partial charge < -0.3 is 14.0 Å². The molecule has 0 spiro atoms. The first-order valence-electron chi connectivity index (χ1n) is 8.29. The van der Waals surface area contributed by atoms with Gasteiger partial charge in [0.1, 0.15) is 10.6 Å². The number of hydrogen-bond donors (Lipinski definition) is 1. The first-order chi connectivity index (χ1) is 13.1. The second-order valence-corrected chi connectivity index (χ2v) is 7.62. The SMILES string of the molecule is C=CCn1c(C)cc(C(=O)COC(=O)c2ccc(OC)c(S(N)(=O)=O)c2)c1C. The van der Waals surface area contributed by atoms with Crippen molar-refractivity contribution in [1.29, 1.82) is 0 Å². The number of sulfonamides is 1. The molecule has 1 heterocycles. The van der Waals surface area contributed by atoms with Crippen molar-refractivity contribution in [2.24, 2.45) is 5.14 Å². The van der Waals surface area contributed by atoms with Crippen molar-refractivity contribution in [3.63, 3.8) is 0 Å². The van der Waals surface area contributed by atoms with Crippen LogP contribution in [0.2, 0.25) is 0 Å². The molecule has 9 heteroatoms. The molecule has 2 rings (SSSR count). The number of aromatic nitrogens is 1. The molecule has 0 saturated heterocycles. The molecular formula is C19H22N2O6S. The standard InChI is InChI=1S/C19H22N2O6S/c1-5-8-21-12(2)9-15(13(21)3)16(22)11-27-19(23)14-6-7-17(26-4)18(10-14)28(20,24)25/h5-7,9-10H,1,8,11H2,2-4H3,(H2,20,24,25). The number of rotatable bonds is 8. The number of nitrogens with two attached hydrogens (primary N) is 1. The number of primary sulfonamides is 1. The van der Waals surface area contributed by atoms with Gasteiger partial charge in [-0.15, -0.1) is 6.58 Å². The lowest BCUT2D eigenvalue weighted by Crippen LogP contribution is -2.17. The maximum absolute atomic E-state index is 12.4. The van der Waals surface area contributed by atoms with E-state index in [2.05, 4.69) is 6.58 Å². The van der Waals surface area contributed by atoms with E-state index in [1.54, 1.807) is 19.1 Å². The van der Waals surface area contributed by atoms with Crippen LogP contribution in [-0.2, 0) is 21.3 Å². The summed E-state index contributed by atoms with van der Waals surface area (Å²) in [6, 6.07) is 5.40. The minimum Gasteiger partial charge on any atom is -0.495 e. The van der Waals surface area contributed by atoms with Crippen LogP contribution in [0.25, 0.3) is 0 Å². The number of carbonyl (C=O) groups is 2. The van der Waals surface area contributed by atoms with E-state index >= 15 is 0 Å². The monoisotopic (exact) mass is 406 g/mol. The second-order valence-electron chi connectivity index (χ2n) is 6.09. The molecule has 1 aromatic carbocycles. The maximum atomic E-state index is 12.4. The fourth-order valence-corrected chi connectivity index (χ4v) is 3.53. The highest BCUT2D eigenvalue weighted by molar-refractivity contribution is 7.89. The van der Waals surface area contributed by atoms with E-state index < -0.39 is 22.6 Å². The molecular weight excluding hydrogens is 384 g/mol. The molecule has 0 saturated carbocycles. The summed E-state index contributed by atoms with van der Waals surface area (Å²) in [5.41, 5.74) is 2.03. The van der Waals surface area contributed by atoms with Crippen LogP contribution in [0.1, 0.15) is 32.1 Å². The Labute approximate surface area is 163 Å². The van der Waals surface area contributed by atoms with Crippen molar-refractivity contribution in [1.82, 2.24) is 4.57 Å². The molecule has 150 valence electrons. The predicted molar refractivity (Wildman–Crippen MR) is 103 cm³/mol. The molecule has 2 N–H and O–H groups in total. The van der Waals surface area contributed by atoms with Gasteiger partial charge in [-0.1, -0.05) is 6.08 Å². The van der Waals surface area contributed by atoms with E-state index in [9.17, 15) is 18.0 Å². The quantitative estimate of drug-likeness (QED) is 0.407. The minimum absolute atomic E-state index is 0.00443. The highest BCUT2D eigenvalue weighted by Gasteiger charge is 2.21. The lowest BCUT2D eigenvalue weighted by Gasteiger charge is -2.09. The van der Waals surface area contributed by atoms with Gasteiger partial charge in [0.25, 0.3) is 0 Å². The topological polar surface area (TPSA) is 118 Å². The molecule has 1 aromatic heterocycles. The fraction of sp³-hybridized carbons (Fsp3) is 0.263. The zero-order valence-electron chi connectivity index (χ0n) is 15.9. The van der Waals surface area contributed by atoms with Crippen LogP contribution in [-0.4, -0.2) is 38.5 Å². The molecule has 0 radical (unpaired) electrons. The van der Waals surface area contributed by atoms with E-state index in [4.69, 9.17) is 14.6 Å². The van der Waals surface area contributed by atoms with E-state index in [1.165, 1.54) is 19.2 Å². The summed E-state index contributed by atoms with van der Waals surface area (Å²) in [6.07, 6.45) is 1.72. The third kappa shape index (κ3) is 4.49. The van der Waals surface area contributed by atoms with Crippen molar-refractivity contribution in [2.75, 3.05) is 13.7 Å². The molecule has 0 aliphatic rings. The first kappa shape index (κ1) is 21.4. The Hall–Kier alpha value is -2.91. The lowest BCUT2D eigenvalue weighted by molar-refractivity contribution is 0.0474. The fourth-order valence-electron chi connectivity index (χ4n) is 2.81. The third-order valence-corrected chi connectivity index (χ3v) is 5.16. The predicted octanol–water partition coefficient (Wildman–Crippen LogP) is 1.99. The molecule has 2 aromatic rings. The number of Topliss-reactive ketones (excluding diaryl/α,β-unsaturated/α-hetero) is 1. The maximum Gasteiger partial charge on any atom is 0.338 e. The van der Waals surface area contributed by atoms with Gasteiger partial charge in [0, 0.05) is 23.5 Å². The summed E-state index contributed by atoms with van der Waals surface area (Å²) in [5, 5.41) is 5.13. The zero-order chi connectivity index (χ0) is 21.1. The molecule has 0 aliphatic carbocycles. The number of esters is 1. The lowest BCUT2D eigenvalue weighted by atomic mass is 10.1. The summed E-state index contributed by atoms with van der Waals surface area (Å²) in [5.74, 6) is -1.21. The second kappa shape index (κ2) is 8.41. The Morgan fingerprint density at radius 3 is 2.50 bits per heavy atom. The number of benzene rings is 1. The summed E-state index contributed by atoms with van der Waals surface area (Å²) in [4.78, 5) is 24.4. The Morgan fingerprint density at radius 2 is 1.93 bits per heavy atom. The number of ether oxygens (including phenoxy) is 2. The summed E-state index contributed by atoms with van der Waals surface area (Å²) in [6.45, 7) is 7.44. The van der Waals surface area contributed by atoms with Gasteiger partial charge in [-0.05, 0) is 38.1 Å². The molecule has 0 bridgehead atoms. The van der Waals surface area contributed by atoms with Crippen LogP contribution in [0.5, 0.6) is 5.75 Å². The zero-order valence-corrected chi connectivity index (χ0v) is 16.7. The van der Waals surface area contributed by atoms with Gasteiger partial charge >= 0.3 is 5.97 Å². The van der Waals surface area contributed by atoms with Crippen molar-refractivity contribution >= 4 is 21.8 Å². The van der Waals surface area contributed by atoms with E-state index in [0.29, 0.717) is 12.1 Å². The molecule has 0 fully saturated rings. The average Bonchev–Trinajstić information content (AvgIpc) is 2.93. The van der Waals surface area contributed by atoms with Gasteiger partial charge in [-0.25, -0.2) is 18.4 Å². The van der Waals surface area contributed by atoms with E-state index in [0.717, 1.165) is 17.5 Å². The molecule has 0 aliphatic heterocycles. The van der Waals surface area contributed by atoms with E-state index in [1.807, 2.05) is 11.5 Å². The van der Waals surface area contributed by atoms with Crippen molar-refractivity contribution in [3.05, 3.63) is 59.4 Å². The summed E-state index contributed by atoms with van der Waals surface area (Å²) in [7, 11) is -2.82. The van der Waals surface area contributed by atoms with Crippen LogP contribution in [0.15, 0.2) is 41.8 Å². The normalized spacial score (nSPS) is 11.1. The Balaban J connectivity index is 2.18. The van der Waals surface area contributed by atoms with Gasteiger partial charge in [-0.3, -0.25) is 4.79 Å². The van der Waals surface area contributed by atoms with Crippen molar-refractivity contribution in [2.45, 2.75) is 25.3 Å². The average molecular weight is 406 g/mol. The Morgan fingerprint density at radius 1 is 1.25 bits per heavy atom. The molecule has 0 atom stereocenters. The van der Waals surface area contributed by atoms with Crippen LogP contribution < -0.4 is 9.88 Å². The largest absolute Gasteiger partial charge is 0.495 e. The smallest absolute Gasteiger partial charge is 0.338 e. The van der Waals surface area contributed by atoms with E-state index in [-0.39, 0.29) is 22.0 Å². The van der Waals surface area contributed by atoms with Crippen LogP contribution in [0.4, 0.5) is 0 Å². The van der Waals surface area contributed by atoms with Gasteiger partial charge in [0.05, 0.1) is 12.7 Å². The number of methoxy groups -OCH3 is 1. The minimum atomic E-state index is -4.10. The molecule has 0 unspecified atom stereocenters. The summed E-state index contributed by atoms with van der Waals surface area (Å²) >= 11 is 0.